The number of carbonyl (C=O) groups is 2. The molecule has 5 heteroatoms. The molecule has 0 radical (unpaired) electrons. The van der Waals surface area contributed by atoms with Crippen LogP contribution < -0.4 is 0 Å². The smallest absolute Gasteiger partial charge is 0.306 e. The highest BCUT2D eigenvalue weighted by molar-refractivity contribution is 5.87. The average Bonchev–Trinajstić information content (AvgIpc) is 2.95. The van der Waals surface area contributed by atoms with Gasteiger partial charge in [-0.3, -0.25) is 9.59 Å². The topological polar surface area (TPSA) is 61.8 Å². The number of ketones is 1. The molecule has 0 unspecified atom stereocenters. The van der Waals surface area contributed by atoms with Gasteiger partial charge in [0, 0.05) is 12.8 Å². The summed E-state index contributed by atoms with van der Waals surface area (Å²) in [5, 5.41) is 0. The summed E-state index contributed by atoms with van der Waals surface area (Å²) in [5.74, 6) is -0.794. The predicted octanol–water partition coefficient (Wildman–Crippen LogP) is 1.19. The maximum absolute atomic E-state index is 12.4. The molecule has 2 atom stereocenters. The van der Waals surface area contributed by atoms with Crippen molar-refractivity contribution in [2.45, 2.75) is 50.9 Å². The standard InChI is InChI=1S/C13H18O5/c1-12(10-2-3-11(15)18-10)4-5-13(8-9(12)14)16-6-7-17-13/h10H,2-8H2,1H3/t10-,12-/m0/s1. The van der Waals surface area contributed by atoms with E-state index in [0.29, 0.717) is 38.9 Å². The van der Waals surface area contributed by atoms with E-state index < -0.39 is 11.2 Å². The minimum Gasteiger partial charge on any atom is -0.461 e. The Kier molecular flexibility index (Phi) is 2.71. The van der Waals surface area contributed by atoms with Crippen molar-refractivity contribution in [2.24, 2.45) is 5.41 Å². The third-order valence-electron chi connectivity index (χ3n) is 4.50. The first-order valence-electron chi connectivity index (χ1n) is 6.55. The van der Waals surface area contributed by atoms with Crippen LogP contribution in [-0.2, 0) is 23.8 Å². The van der Waals surface area contributed by atoms with E-state index in [4.69, 9.17) is 14.2 Å². The van der Waals surface area contributed by atoms with E-state index in [-0.39, 0.29) is 24.3 Å². The van der Waals surface area contributed by atoms with Crippen LogP contribution >= 0.6 is 0 Å². The minimum atomic E-state index is -0.695. The molecule has 2 saturated heterocycles. The molecule has 3 rings (SSSR count). The number of esters is 1. The molecule has 1 spiro atoms. The zero-order valence-corrected chi connectivity index (χ0v) is 10.6. The maximum Gasteiger partial charge on any atom is 0.306 e. The number of hydrogen-bond donors (Lipinski definition) is 0. The zero-order valence-electron chi connectivity index (χ0n) is 10.6. The molecular weight excluding hydrogens is 236 g/mol. The average molecular weight is 254 g/mol. The summed E-state index contributed by atoms with van der Waals surface area (Å²) in [6.45, 7) is 3.02. The maximum atomic E-state index is 12.4. The van der Waals surface area contributed by atoms with Gasteiger partial charge in [0.15, 0.2) is 5.79 Å². The Morgan fingerprint density at radius 3 is 2.44 bits per heavy atom. The monoisotopic (exact) mass is 254 g/mol. The number of cyclic esters (lactones) is 1. The van der Waals surface area contributed by atoms with Crippen LogP contribution in [0.3, 0.4) is 0 Å². The van der Waals surface area contributed by atoms with Crippen molar-refractivity contribution in [3.05, 3.63) is 0 Å². The van der Waals surface area contributed by atoms with Crippen molar-refractivity contribution < 1.29 is 23.8 Å². The fourth-order valence-electron chi connectivity index (χ4n) is 3.18. The number of ether oxygens (including phenoxy) is 3. The van der Waals surface area contributed by atoms with Gasteiger partial charge >= 0.3 is 5.97 Å². The van der Waals surface area contributed by atoms with Gasteiger partial charge in [-0.25, -0.2) is 0 Å². The normalized spacial score (nSPS) is 39.3. The summed E-state index contributed by atoms with van der Waals surface area (Å²) in [4.78, 5) is 23.6. The summed E-state index contributed by atoms with van der Waals surface area (Å²) >= 11 is 0. The second-order valence-electron chi connectivity index (χ2n) is 5.64. The fourth-order valence-corrected chi connectivity index (χ4v) is 3.18. The first-order valence-corrected chi connectivity index (χ1v) is 6.55. The number of rotatable bonds is 1. The third-order valence-corrected chi connectivity index (χ3v) is 4.50. The molecule has 0 N–H and O–H groups in total. The Morgan fingerprint density at radius 1 is 1.17 bits per heavy atom. The molecule has 18 heavy (non-hydrogen) atoms. The van der Waals surface area contributed by atoms with Gasteiger partial charge < -0.3 is 14.2 Å². The molecule has 0 amide bonds. The van der Waals surface area contributed by atoms with E-state index >= 15 is 0 Å². The summed E-state index contributed by atoms with van der Waals surface area (Å²) in [6, 6.07) is 0. The van der Waals surface area contributed by atoms with Crippen LogP contribution in [0, 0.1) is 5.41 Å². The van der Waals surface area contributed by atoms with Gasteiger partial charge in [0.05, 0.1) is 25.0 Å². The molecule has 100 valence electrons. The molecule has 0 aromatic heterocycles. The third kappa shape index (κ3) is 1.77. The molecular formula is C13H18O5. The highest BCUT2D eigenvalue weighted by atomic mass is 16.7. The molecule has 0 bridgehead atoms. The van der Waals surface area contributed by atoms with Crippen molar-refractivity contribution in [3.8, 4) is 0 Å². The van der Waals surface area contributed by atoms with Crippen LogP contribution in [0.2, 0.25) is 0 Å². The van der Waals surface area contributed by atoms with Crippen LogP contribution in [-0.4, -0.2) is 36.9 Å². The molecule has 0 aromatic rings. The molecule has 3 fully saturated rings. The van der Waals surface area contributed by atoms with Gasteiger partial charge in [-0.15, -0.1) is 0 Å². The lowest BCUT2D eigenvalue weighted by atomic mass is 9.68. The number of carbonyl (C=O) groups excluding carboxylic acids is 2. The summed E-state index contributed by atoms with van der Waals surface area (Å²) in [6.07, 6.45) is 2.43. The molecule has 5 nitrogen and oxygen atoms in total. The second kappa shape index (κ2) is 4.03. The Balaban J connectivity index is 1.75. The summed E-state index contributed by atoms with van der Waals surface area (Å²) in [5.41, 5.74) is -0.563. The second-order valence-corrected chi connectivity index (χ2v) is 5.64. The van der Waals surface area contributed by atoms with E-state index in [1.54, 1.807) is 0 Å². The first-order chi connectivity index (χ1) is 8.54. The first kappa shape index (κ1) is 12.1. The summed E-state index contributed by atoms with van der Waals surface area (Å²) < 4.78 is 16.4. The van der Waals surface area contributed by atoms with E-state index in [0.717, 1.165) is 0 Å². The largest absolute Gasteiger partial charge is 0.461 e. The van der Waals surface area contributed by atoms with Crippen molar-refractivity contribution >= 4 is 11.8 Å². The number of Topliss-reactive ketones (excluding diaryl/α,β-unsaturated/α-hetero) is 1. The minimum absolute atomic E-state index is 0.0929. The highest BCUT2D eigenvalue weighted by Gasteiger charge is 2.54. The van der Waals surface area contributed by atoms with Crippen LogP contribution in [0.15, 0.2) is 0 Å². The lowest BCUT2D eigenvalue weighted by molar-refractivity contribution is -0.199. The van der Waals surface area contributed by atoms with Crippen LogP contribution in [0.1, 0.15) is 39.0 Å². The molecule has 3 aliphatic rings. The highest BCUT2D eigenvalue weighted by Crippen LogP contribution is 2.46. The predicted molar refractivity (Wildman–Crippen MR) is 60.7 cm³/mol. The number of hydrogen-bond acceptors (Lipinski definition) is 5. The lowest BCUT2D eigenvalue weighted by Gasteiger charge is -2.42. The summed E-state index contributed by atoms with van der Waals surface area (Å²) in [7, 11) is 0. The van der Waals surface area contributed by atoms with E-state index in [2.05, 4.69) is 0 Å². The Hall–Kier alpha value is -0.940. The molecule has 0 aromatic carbocycles. The Bertz CT molecular complexity index is 385. The molecule has 1 saturated carbocycles. The Labute approximate surface area is 106 Å². The molecule has 2 heterocycles. The fraction of sp³-hybridized carbons (Fsp3) is 0.846. The van der Waals surface area contributed by atoms with Gasteiger partial charge in [-0.2, -0.15) is 0 Å². The van der Waals surface area contributed by atoms with E-state index in [9.17, 15) is 9.59 Å². The van der Waals surface area contributed by atoms with Gasteiger partial charge in [0.25, 0.3) is 0 Å². The van der Waals surface area contributed by atoms with Gasteiger partial charge in [-0.1, -0.05) is 0 Å². The van der Waals surface area contributed by atoms with Gasteiger partial charge in [0.1, 0.15) is 11.9 Å². The van der Waals surface area contributed by atoms with Crippen LogP contribution in [0.4, 0.5) is 0 Å². The SMILES string of the molecule is C[C@]1([C@@H]2CCC(=O)O2)CCC2(CC1=O)OCCO2. The van der Waals surface area contributed by atoms with Gasteiger partial charge in [-0.05, 0) is 19.8 Å². The van der Waals surface area contributed by atoms with Gasteiger partial charge in [0.2, 0.25) is 0 Å². The zero-order chi connectivity index (χ0) is 12.8. The van der Waals surface area contributed by atoms with Crippen LogP contribution in [0.5, 0.6) is 0 Å². The van der Waals surface area contributed by atoms with E-state index in [1.165, 1.54) is 0 Å². The van der Waals surface area contributed by atoms with Crippen molar-refractivity contribution in [1.82, 2.24) is 0 Å². The van der Waals surface area contributed by atoms with Crippen molar-refractivity contribution in [2.75, 3.05) is 13.2 Å². The molecule has 1 aliphatic carbocycles. The lowest BCUT2D eigenvalue weighted by Crippen LogP contribution is -2.50. The Morgan fingerprint density at radius 2 is 1.89 bits per heavy atom. The van der Waals surface area contributed by atoms with E-state index in [1.807, 2.05) is 6.92 Å². The van der Waals surface area contributed by atoms with Crippen molar-refractivity contribution in [1.29, 1.82) is 0 Å². The quantitative estimate of drug-likeness (QED) is 0.658. The van der Waals surface area contributed by atoms with Crippen LogP contribution in [0.25, 0.3) is 0 Å². The molecule has 2 aliphatic heterocycles. The van der Waals surface area contributed by atoms with Crippen molar-refractivity contribution in [3.63, 3.8) is 0 Å².